The van der Waals surface area contributed by atoms with E-state index in [4.69, 9.17) is 16.3 Å². The first-order valence-corrected chi connectivity index (χ1v) is 8.23. The first-order valence-electron chi connectivity index (χ1n) is 7.85. The van der Waals surface area contributed by atoms with Gasteiger partial charge in [-0.15, -0.1) is 0 Å². The van der Waals surface area contributed by atoms with Crippen molar-refractivity contribution in [1.29, 1.82) is 0 Å². The van der Waals surface area contributed by atoms with Crippen LogP contribution in [-0.4, -0.2) is 29.3 Å². The van der Waals surface area contributed by atoms with Crippen LogP contribution in [0.2, 0.25) is 5.02 Å². The third kappa shape index (κ3) is 5.11. The smallest absolute Gasteiger partial charge is 0.417 e. The molecule has 0 fully saturated rings. The van der Waals surface area contributed by atoms with Gasteiger partial charge in [-0.25, -0.2) is 9.98 Å². The van der Waals surface area contributed by atoms with E-state index in [2.05, 4.69) is 9.98 Å². The Kier molecular flexibility index (Phi) is 6.13. The Morgan fingerprint density at radius 2 is 1.96 bits per heavy atom. The highest BCUT2D eigenvalue weighted by Gasteiger charge is 2.33. The Balaban J connectivity index is 2.21. The second-order valence-corrected chi connectivity index (χ2v) is 6.47. The summed E-state index contributed by atoms with van der Waals surface area (Å²) in [4.78, 5) is 10.4. The van der Waals surface area contributed by atoms with Crippen LogP contribution in [-0.2, 0) is 6.18 Å². The lowest BCUT2D eigenvalue weighted by molar-refractivity contribution is -0.137. The molecule has 0 amide bonds. The molecule has 0 aliphatic heterocycles. The fourth-order valence-corrected chi connectivity index (χ4v) is 2.14. The van der Waals surface area contributed by atoms with Crippen LogP contribution in [0.15, 0.2) is 35.5 Å². The van der Waals surface area contributed by atoms with E-state index in [9.17, 15) is 13.2 Å². The van der Waals surface area contributed by atoms with Gasteiger partial charge >= 0.3 is 6.18 Å². The van der Waals surface area contributed by atoms with E-state index in [-0.39, 0.29) is 16.7 Å². The van der Waals surface area contributed by atoms with Crippen molar-refractivity contribution < 1.29 is 17.9 Å². The van der Waals surface area contributed by atoms with Crippen LogP contribution >= 0.6 is 11.6 Å². The monoisotopic (exact) mass is 385 g/mol. The number of benzene rings is 1. The summed E-state index contributed by atoms with van der Waals surface area (Å²) in [5.74, 6) is 0.213. The molecule has 0 atom stereocenters. The van der Waals surface area contributed by atoms with Gasteiger partial charge in [-0.3, -0.25) is 0 Å². The second-order valence-electron chi connectivity index (χ2n) is 6.06. The van der Waals surface area contributed by atoms with E-state index in [1.54, 1.807) is 19.3 Å². The summed E-state index contributed by atoms with van der Waals surface area (Å²) in [5.41, 5.74) is 0.317. The normalized spacial score (nSPS) is 12.0. The van der Waals surface area contributed by atoms with E-state index in [0.717, 1.165) is 12.1 Å². The van der Waals surface area contributed by atoms with E-state index in [1.807, 2.05) is 25.8 Å². The Hall–Kier alpha value is -2.28. The van der Waals surface area contributed by atoms with Crippen molar-refractivity contribution in [3.05, 3.63) is 46.6 Å². The molecule has 26 heavy (non-hydrogen) atoms. The van der Waals surface area contributed by atoms with Gasteiger partial charge in [0.1, 0.15) is 5.75 Å². The molecule has 140 valence electrons. The molecule has 1 aromatic carbocycles. The Labute approximate surface area is 155 Å². The zero-order valence-corrected chi connectivity index (χ0v) is 15.6. The largest absolute Gasteiger partial charge is 0.439 e. The predicted octanol–water partition coefficient (Wildman–Crippen LogP) is 5.85. The van der Waals surface area contributed by atoms with Crippen molar-refractivity contribution in [3.8, 4) is 11.6 Å². The van der Waals surface area contributed by atoms with E-state index < -0.39 is 11.7 Å². The zero-order chi connectivity index (χ0) is 19.5. The van der Waals surface area contributed by atoms with Crippen molar-refractivity contribution in [3.63, 3.8) is 0 Å². The summed E-state index contributed by atoms with van der Waals surface area (Å²) in [6, 6.07) is 5.42. The zero-order valence-electron chi connectivity index (χ0n) is 14.8. The molecule has 0 aliphatic carbocycles. The van der Waals surface area contributed by atoms with E-state index in [1.165, 1.54) is 12.3 Å². The van der Waals surface area contributed by atoms with Crippen LogP contribution < -0.4 is 4.74 Å². The Morgan fingerprint density at radius 1 is 1.27 bits per heavy atom. The molecular weight excluding hydrogens is 367 g/mol. The summed E-state index contributed by atoms with van der Waals surface area (Å²) < 4.78 is 44.3. The molecule has 0 aliphatic rings. The van der Waals surface area contributed by atoms with E-state index >= 15 is 0 Å². The van der Waals surface area contributed by atoms with Gasteiger partial charge in [0.05, 0.1) is 28.8 Å². The summed E-state index contributed by atoms with van der Waals surface area (Å²) in [6.45, 7) is 5.82. The average molecular weight is 386 g/mol. The lowest BCUT2D eigenvalue weighted by atomic mass is 10.2. The van der Waals surface area contributed by atoms with Crippen LogP contribution in [0, 0.1) is 6.92 Å². The van der Waals surface area contributed by atoms with Gasteiger partial charge in [-0.05, 0) is 45.0 Å². The van der Waals surface area contributed by atoms with Gasteiger partial charge in [-0.2, -0.15) is 13.2 Å². The van der Waals surface area contributed by atoms with Crippen LogP contribution in [0.5, 0.6) is 11.6 Å². The first-order chi connectivity index (χ1) is 12.1. The molecule has 0 radical (unpaired) electrons. The van der Waals surface area contributed by atoms with Gasteiger partial charge in [0.25, 0.3) is 0 Å². The van der Waals surface area contributed by atoms with Crippen LogP contribution in [0.25, 0.3) is 0 Å². The molecule has 2 aromatic rings. The minimum atomic E-state index is -4.56. The van der Waals surface area contributed by atoms with Gasteiger partial charge in [0.2, 0.25) is 5.88 Å². The molecule has 0 bridgehead atoms. The Morgan fingerprint density at radius 3 is 2.54 bits per heavy atom. The number of hydrogen-bond donors (Lipinski definition) is 0. The second kappa shape index (κ2) is 7.95. The molecule has 0 saturated carbocycles. The number of alkyl halides is 3. The maximum Gasteiger partial charge on any atom is 0.417 e. The molecule has 8 heteroatoms. The van der Waals surface area contributed by atoms with Gasteiger partial charge in [-0.1, -0.05) is 11.6 Å². The number of aryl methyl sites for hydroxylation is 1. The molecule has 0 N–H and O–H groups in total. The van der Waals surface area contributed by atoms with Gasteiger partial charge < -0.3 is 9.64 Å². The maximum absolute atomic E-state index is 12.9. The fourth-order valence-electron chi connectivity index (χ4n) is 1.91. The molecule has 0 saturated heterocycles. The summed E-state index contributed by atoms with van der Waals surface area (Å²) in [7, 11) is 1.91. The number of aromatic nitrogens is 1. The number of rotatable bonds is 5. The van der Waals surface area contributed by atoms with Crippen molar-refractivity contribution >= 4 is 23.6 Å². The predicted molar refractivity (Wildman–Crippen MR) is 96.6 cm³/mol. The average Bonchev–Trinajstić information content (AvgIpc) is 2.55. The lowest BCUT2D eigenvalue weighted by Gasteiger charge is -2.17. The summed E-state index contributed by atoms with van der Waals surface area (Å²) in [5, 5.41) is -0.381. The minimum absolute atomic E-state index is 0.00752. The third-order valence-electron chi connectivity index (χ3n) is 3.68. The molecule has 4 nitrogen and oxygen atoms in total. The number of ether oxygens (including phenoxy) is 1. The minimum Gasteiger partial charge on any atom is -0.439 e. The van der Waals surface area contributed by atoms with Gasteiger partial charge in [0, 0.05) is 18.7 Å². The quantitative estimate of drug-likeness (QED) is 0.478. The number of nitrogens with zero attached hydrogens (tertiary/aromatic N) is 3. The number of halogens is 4. The molecule has 2 rings (SSSR count). The Bertz CT molecular complexity index is 807. The fraction of sp³-hybridized carbons (Fsp3) is 0.333. The highest BCUT2D eigenvalue weighted by Crippen LogP contribution is 2.37. The summed E-state index contributed by atoms with van der Waals surface area (Å²) in [6.07, 6.45) is -1.37. The summed E-state index contributed by atoms with van der Waals surface area (Å²) >= 11 is 5.61. The van der Waals surface area contributed by atoms with Crippen LogP contribution in [0.3, 0.4) is 0 Å². The topological polar surface area (TPSA) is 37.7 Å². The van der Waals surface area contributed by atoms with Crippen molar-refractivity contribution in [2.75, 3.05) is 7.05 Å². The molecule has 0 spiro atoms. The van der Waals surface area contributed by atoms with Crippen LogP contribution in [0.1, 0.15) is 25.0 Å². The van der Waals surface area contributed by atoms with Crippen molar-refractivity contribution in [2.45, 2.75) is 33.0 Å². The third-order valence-corrected chi connectivity index (χ3v) is 4.01. The maximum atomic E-state index is 12.9. The highest BCUT2D eigenvalue weighted by atomic mass is 35.5. The molecule has 1 heterocycles. The van der Waals surface area contributed by atoms with E-state index in [0.29, 0.717) is 17.3 Å². The van der Waals surface area contributed by atoms with Crippen LogP contribution in [0.4, 0.5) is 18.9 Å². The van der Waals surface area contributed by atoms with Crippen molar-refractivity contribution in [2.24, 2.45) is 4.99 Å². The lowest BCUT2D eigenvalue weighted by Crippen LogP contribution is -2.24. The number of aliphatic imine (C=N–C) groups is 1. The number of pyridine rings is 1. The standard InChI is InChI=1S/C18H19ClF3N3O/c1-11(2)25(4)10-24-13-7-12(3)17(23-9-13)26-14-5-6-16(19)15(8-14)18(20,21)22/h5-11H,1-4H3/b24-10+. The molecule has 1 aromatic heterocycles. The van der Waals surface area contributed by atoms with Gasteiger partial charge in [0.15, 0.2) is 0 Å². The first kappa shape index (κ1) is 20.0. The number of hydrogen-bond acceptors (Lipinski definition) is 3. The highest BCUT2D eigenvalue weighted by molar-refractivity contribution is 6.31. The van der Waals surface area contributed by atoms with Crippen molar-refractivity contribution in [1.82, 2.24) is 9.88 Å². The SMILES string of the molecule is Cc1cc(/N=C/N(C)C(C)C)cnc1Oc1ccc(Cl)c(C(F)(F)F)c1. The molecule has 0 unspecified atom stereocenters. The molecular formula is C18H19ClF3N3O.